The molecule has 3 aromatic heterocycles. The molecule has 0 aliphatic heterocycles. The zero-order valence-corrected chi connectivity index (χ0v) is 23.9. The maximum Gasteiger partial charge on any atom is 0.238 e. The minimum atomic E-state index is -0.0606. The maximum absolute atomic E-state index is 6.40. The molecule has 0 saturated carbocycles. The summed E-state index contributed by atoms with van der Waals surface area (Å²) in [4.78, 5) is 11.7. The van der Waals surface area contributed by atoms with Crippen LogP contribution in [-0.2, 0) is 5.41 Å². The van der Waals surface area contributed by atoms with Gasteiger partial charge in [0, 0.05) is 32.0 Å². The summed E-state index contributed by atoms with van der Waals surface area (Å²) in [5.74, 6) is 1.89. The molecule has 0 saturated heterocycles. The Balaban J connectivity index is 1.39. The van der Waals surface area contributed by atoms with E-state index in [0.717, 1.165) is 27.7 Å². The fourth-order valence-corrected chi connectivity index (χ4v) is 8.17. The number of fused-ring (bicyclic) bond motifs is 10. The first-order chi connectivity index (χ1) is 20.6. The molecule has 0 unspecified atom stereocenters. The number of rotatable bonds is 3. The molecule has 0 N–H and O–H groups in total. The number of para-hydroxylation sites is 3. The Morgan fingerprint density at radius 2 is 1.38 bits per heavy atom. The molecular weight excluding hydrogens is 534 g/mol. The van der Waals surface area contributed by atoms with Gasteiger partial charge in [0.2, 0.25) is 11.8 Å². The van der Waals surface area contributed by atoms with Crippen LogP contribution in [0.5, 0.6) is 11.6 Å². The quantitative estimate of drug-likeness (QED) is 0.216. The standard InChI is InChI=1S/C37H25N3OS/c1-37(2)28-17-9-6-15-25(28)31-27-21-20-24-23-14-8-11-19-30(23)40(32(24)33(27)42-34(31)37)36-38-29-18-10-7-16-26(29)35(39-36)41-22-12-4-3-5-13-22/h3-21H,1-2H3. The van der Waals surface area contributed by atoms with E-state index in [9.17, 15) is 0 Å². The summed E-state index contributed by atoms with van der Waals surface area (Å²) in [6.07, 6.45) is 0. The van der Waals surface area contributed by atoms with E-state index in [0.29, 0.717) is 11.8 Å². The molecule has 8 aromatic rings. The van der Waals surface area contributed by atoms with Gasteiger partial charge < -0.3 is 4.74 Å². The Hall–Kier alpha value is -5.00. The summed E-state index contributed by atoms with van der Waals surface area (Å²) in [7, 11) is 0. The Bertz CT molecular complexity index is 2370. The van der Waals surface area contributed by atoms with Gasteiger partial charge in [-0.3, -0.25) is 4.57 Å². The second-order valence-corrected chi connectivity index (χ2v) is 12.4. The third-order valence-electron chi connectivity index (χ3n) is 8.64. The van der Waals surface area contributed by atoms with Gasteiger partial charge in [-0.25, -0.2) is 4.98 Å². The predicted molar refractivity (Wildman–Crippen MR) is 173 cm³/mol. The number of aromatic nitrogens is 3. The van der Waals surface area contributed by atoms with Crippen LogP contribution in [0.4, 0.5) is 0 Å². The van der Waals surface area contributed by atoms with Crippen molar-refractivity contribution in [2.24, 2.45) is 0 Å². The van der Waals surface area contributed by atoms with Crippen molar-refractivity contribution in [3.8, 4) is 28.7 Å². The molecule has 9 rings (SSSR count). The lowest BCUT2D eigenvalue weighted by atomic mass is 9.87. The predicted octanol–water partition coefficient (Wildman–Crippen LogP) is 10.0. The highest BCUT2D eigenvalue weighted by atomic mass is 32.1. The normalized spacial score (nSPS) is 13.7. The van der Waals surface area contributed by atoms with Gasteiger partial charge in [0.15, 0.2) is 0 Å². The Kier molecular flexibility index (Phi) is 4.80. The Morgan fingerprint density at radius 3 is 2.26 bits per heavy atom. The molecular formula is C37H25N3OS. The first kappa shape index (κ1) is 23.7. The number of thiophene rings is 1. The molecule has 5 aromatic carbocycles. The van der Waals surface area contributed by atoms with Gasteiger partial charge in [-0.05, 0) is 41.5 Å². The summed E-state index contributed by atoms with van der Waals surface area (Å²) < 4.78 is 9.90. The average molecular weight is 560 g/mol. The van der Waals surface area contributed by atoms with Gasteiger partial charge in [0.25, 0.3) is 0 Å². The van der Waals surface area contributed by atoms with Crippen molar-refractivity contribution < 1.29 is 4.74 Å². The highest BCUT2D eigenvalue weighted by Gasteiger charge is 2.39. The number of benzene rings is 5. The van der Waals surface area contributed by atoms with Crippen LogP contribution in [0.3, 0.4) is 0 Å². The van der Waals surface area contributed by atoms with Gasteiger partial charge in [-0.2, -0.15) is 4.98 Å². The molecule has 200 valence electrons. The van der Waals surface area contributed by atoms with Gasteiger partial charge >= 0.3 is 0 Å². The van der Waals surface area contributed by atoms with Crippen LogP contribution >= 0.6 is 11.3 Å². The van der Waals surface area contributed by atoms with Crippen molar-refractivity contribution in [1.29, 1.82) is 0 Å². The van der Waals surface area contributed by atoms with Crippen molar-refractivity contribution >= 4 is 54.1 Å². The molecule has 42 heavy (non-hydrogen) atoms. The number of nitrogens with zero attached hydrogens (tertiary/aromatic N) is 3. The van der Waals surface area contributed by atoms with Crippen LogP contribution in [0, 0.1) is 0 Å². The van der Waals surface area contributed by atoms with Crippen LogP contribution in [0.25, 0.3) is 59.9 Å². The lowest BCUT2D eigenvalue weighted by Crippen LogP contribution is -2.13. The smallest absolute Gasteiger partial charge is 0.238 e. The number of hydrogen-bond acceptors (Lipinski definition) is 4. The molecule has 4 nitrogen and oxygen atoms in total. The molecule has 0 fully saturated rings. The molecule has 1 aliphatic carbocycles. The fraction of sp³-hybridized carbons (Fsp3) is 0.0811. The van der Waals surface area contributed by atoms with Crippen LogP contribution in [0.15, 0.2) is 115 Å². The molecule has 0 amide bonds. The number of hydrogen-bond donors (Lipinski definition) is 0. The fourth-order valence-electron chi connectivity index (χ4n) is 6.70. The van der Waals surface area contributed by atoms with E-state index in [2.05, 4.69) is 79.1 Å². The van der Waals surface area contributed by atoms with Crippen LogP contribution < -0.4 is 4.74 Å². The summed E-state index contributed by atoms with van der Waals surface area (Å²) in [6, 6.07) is 39.9. The topological polar surface area (TPSA) is 39.9 Å². The van der Waals surface area contributed by atoms with Gasteiger partial charge in [0.1, 0.15) is 5.75 Å². The zero-order valence-electron chi connectivity index (χ0n) is 23.1. The number of ether oxygens (including phenoxy) is 1. The summed E-state index contributed by atoms with van der Waals surface area (Å²) >= 11 is 1.91. The van der Waals surface area contributed by atoms with E-state index < -0.39 is 0 Å². The van der Waals surface area contributed by atoms with E-state index in [1.807, 2.05) is 65.9 Å². The maximum atomic E-state index is 6.40. The van der Waals surface area contributed by atoms with E-state index in [4.69, 9.17) is 14.7 Å². The Morgan fingerprint density at radius 1 is 0.667 bits per heavy atom. The van der Waals surface area contributed by atoms with E-state index >= 15 is 0 Å². The first-order valence-corrected chi connectivity index (χ1v) is 15.0. The monoisotopic (exact) mass is 559 g/mol. The minimum Gasteiger partial charge on any atom is -0.438 e. The highest BCUT2D eigenvalue weighted by molar-refractivity contribution is 7.21. The minimum absolute atomic E-state index is 0.0606. The average Bonchev–Trinajstić information content (AvgIpc) is 3.65. The van der Waals surface area contributed by atoms with Gasteiger partial charge in [0.05, 0.1) is 26.6 Å². The van der Waals surface area contributed by atoms with Gasteiger partial charge in [-0.1, -0.05) is 98.8 Å². The third kappa shape index (κ3) is 3.17. The van der Waals surface area contributed by atoms with Crippen LogP contribution in [0.2, 0.25) is 0 Å². The van der Waals surface area contributed by atoms with Gasteiger partial charge in [-0.15, -0.1) is 11.3 Å². The summed E-state index contributed by atoms with van der Waals surface area (Å²) in [5.41, 5.74) is 7.10. The second-order valence-electron chi connectivity index (χ2n) is 11.4. The van der Waals surface area contributed by atoms with E-state index in [1.165, 1.54) is 42.4 Å². The SMILES string of the molecule is CC1(C)c2ccccc2-c2c1sc1c2ccc2c3ccccc3n(-c3nc(Oc4ccccc4)c4ccccc4n3)c21. The van der Waals surface area contributed by atoms with Crippen molar-refractivity contribution in [3.63, 3.8) is 0 Å². The Labute approximate surface area is 246 Å². The van der Waals surface area contributed by atoms with Crippen molar-refractivity contribution in [3.05, 3.63) is 126 Å². The molecule has 0 spiro atoms. The first-order valence-electron chi connectivity index (χ1n) is 14.2. The third-order valence-corrected chi connectivity index (χ3v) is 10.2. The van der Waals surface area contributed by atoms with Crippen molar-refractivity contribution in [1.82, 2.24) is 14.5 Å². The van der Waals surface area contributed by atoms with Crippen LogP contribution in [-0.4, -0.2) is 14.5 Å². The van der Waals surface area contributed by atoms with Crippen molar-refractivity contribution in [2.45, 2.75) is 19.3 Å². The lowest BCUT2D eigenvalue weighted by molar-refractivity contribution is 0.467. The summed E-state index contributed by atoms with van der Waals surface area (Å²) in [5, 5.41) is 4.55. The van der Waals surface area contributed by atoms with Crippen LogP contribution in [0.1, 0.15) is 24.3 Å². The largest absolute Gasteiger partial charge is 0.438 e. The summed E-state index contributed by atoms with van der Waals surface area (Å²) in [6.45, 7) is 4.69. The highest BCUT2D eigenvalue weighted by Crippen LogP contribution is 2.56. The molecule has 3 heterocycles. The lowest BCUT2D eigenvalue weighted by Gasteiger charge is -2.19. The molecule has 1 aliphatic rings. The molecule has 0 bridgehead atoms. The molecule has 5 heteroatoms. The van der Waals surface area contributed by atoms with Crippen molar-refractivity contribution in [2.75, 3.05) is 0 Å². The second kappa shape index (κ2) is 8.51. The van der Waals surface area contributed by atoms with E-state index in [-0.39, 0.29) is 5.41 Å². The zero-order chi connectivity index (χ0) is 28.0. The van der Waals surface area contributed by atoms with E-state index in [1.54, 1.807) is 0 Å². The molecule has 0 atom stereocenters. The molecule has 0 radical (unpaired) electrons.